The molecule has 2 heterocycles. The number of nitrogens with two attached hydrogens (primary N) is 1. The van der Waals surface area contributed by atoms with Crippen molar-refractivity contribution in [3.63, 3.8) is 0 Å². The molecule has 6 amide bonds. The lowest BCUT2D eigenvalue weighted by Gasteiger charge is -2.32. The van der Waals surface area contributed by atoms with Gasteiger partial charge >= 0.3 is 11.9 Å². The number of carbonyl (C=O) groups is 8. The molecule has 0 unspecified atom stereocenters. The SMILES string of the molecule is CC(C)[C@H](N)C(=O)N[C@H](C(=O)N[C@@H](Cc1ccc(O)cc1)C(=O)N1CCC[C@H]1C(=O)N[C@@H](Cc1c[nH]c2ccccc12)C(=O)N[C@H](C(=O)N[C@@H](CCC(=O)O)C(=O)O)[C@@H](C)O)C(C)C. The number of H-pyrrole nitrogens is 1. The zero-order valence-corrected chi connectivity index (χ0v) is 36.5. The molecule has 12 N–H and O–H groups in total. The van der Waals surface area contributed by atoms with Gasteiger partial charge in [-0.2, -0.15) is 0 Å². The molecule has 0 aliphatic carbocycles. The first-order chi connectivity index (χ1) is 30.2. The van der Waals surface area contributed by atoms with E-state index in [0.29, 0.717) is 17.5 Å². The van der Waals surface area contributed by atoms with Gasteiger partial charge in [-0.15, -0.1) is 0 Å². The fraction of sp³-hybridized carbons (Fsp3) is 0.500. The Morgan fingerprint density at radius 3 is 1.98 bits per heavy atom. The van der Waals surface area contributed by atoms with Crippen molar-refractivity contribution in [1.82, 2.24) is 36.5 Å². The Balaban J connectivity index is 1.62. The number of amides is 6. The van der Waals surface area contributed by atoms with Crippen LogP contribution in [0.25, 0.3) is 10.9 Å². The van der Waals surface area contributed by atoms with Gasteiger partial charge in [-0.05, 0) is 67.3 Å². The van der Waals surface area contributed by atoms with Crippen LogP contribution in [0.15, 0.2) is 54.7 Å². The molecule has 20 heteroatoms. The average Bonchev–Trinajstić information content (AvgIpc) is 3.90. The summed E-state index contributed by atoms with van der Waals surface area (Å²) in [5, 5.41) is 52.7. The van der Waals surface area contributed by atoms with E-state index in [1.165, 1.54) is 24.0 Å². The van der Waals surface area contributed by atoms with Crippen LogP contribution < -0.4 is 32.3 Å². The van der Waals surface area contributed by atoms with E-state index in [1.54, 1.807) is 70.3 Å². The van der Waals surface area contributed by atoms with Crippen molar-refractivity contribution in [3.8, 4) is 5.75 Å². The summed E-state index contributed by atoms with van der Waals surface area (Å²) in [6, 6.07) is 3.95. The number of phenols is 1. The van der Waals surface area contributed by atoms with Crippen molar-refractivity contribution in [2.45, 2.75) is 122 Å². The van der Waals surface area contributed by atoms with E-state index in [1.807, 2.05) is 0 Å². The normalized spacial score (nSPS) is 17.1. The first kappa shape index (κ1) is 50.1. The summed E-state index contributed by atoms with van der Waals surface area (Å²) < 4.78 is 0. The number of aliphatic hydroxyl groups excluding tert-OH is 1. The lowest BCUT2D eigenvalue weighted by atomic mass is 9.98. The number of aromatic amines is 1. The van der Waals surface area contributed by atoms with Crippen LogP contribution >= 0.6 is 0 Å². The van der Waals surface area contributed by atoms with Gasteiger partial charge in [0.25, 0.3) is 0 Å². The van der Waals surface area contributed by atoms with Crippen molar-refractivity contribution in [1.29, 1.82) is 0 Å². The number of carboxylic acids is 2. The Bertz CT molecular complexity index is 2160. The van der Waals surface area contributed by atoms with E-state index in [0.717, 1.165) is 10.9 Å². The molecule has 1 aromatic heterocycles. The van der Waals surface area contributed by atoms with Crippen molar-refractivity contribution in [2.24, 2.45) is 17.6 Å². The van der Waals surface area contributed by atoms with Gasteiger partial charge in [0.1, 0.15) is 42.0 Å². The van der Waals surface area contributed by atoms with Gasteiger partial charge in [0, 0.05) is 42.9 Å². The van der Waals surface area contributed by atoms with E-state index < -0.39 is 115 Å². The quantitative estimate of drug-likeness (QED) is 0.0636. The predicted octanol–water partition coefficient (Wildman–Crippen LogP) is 0.0432. The van der Waals surface area contributed by atoms with Crippen LogP contribution in [0.3, 0.4) is 0 Å². The van der Waals surface area contributed by atoms with E-state index in [9.17, 15) is 53.7 Å². The number of rotatable bonds is 22. The number of nitrogens with zero attached hydrogens (tertiary/aromatic N) is 1. The number of aliphatic hydroxyl groups is 1. The van der Waals surface area contributed by atoms with Crippen molar-refractivity contribution >= 4 is 58.3 Å². The highest BCUT2D eigenvalue weighted by molar-refractivity contribution is 5.98. The van der Waals surface area contributed by atoms with Crippen LogP contribution in [0.2, 0.25) is 0 Å². The van der Waals surface area contributed by atoms with Crippen LogP contribution in [0.4, 0.5) is 0 Å². The number of hydrogen-bond donors (Lipinski definition) is 11. The molecule has 0 spiro atoms. The molecule has 1 saturated heterocycles. The van der Waals surface area contributed by atoms with Crippen LogP contribution in [-0.2, 0) is 51.2 Å². The van der Waals surface area contributed by atoms with Gasteiger partial charge < -0.3 is 62.6 Å². The zero-order chi connectivity index (χ0) is 47.4. The molecule has 20 nitrogen and oxygen atoms in total. The third kappa shape index (κ3) is 13.5. The van der Waals surface area contributed by atoms with Crippen molar-refractivity contribution in [3.05, 3.63) is 65.9 Å². The zero-order valence-electron chi connectivity index (χ0n) is 36.5. The second-order valence-electron chi connectivity index (χ2n) is 16.8. The minimum atomic E-state index is -1.74. The summed E-state index contributed by atoms with van der Waals surface area (Å²) in [5.41, 5.74) is 7.93. The van der Waals surface area contributed by atoms with E-state index in [4.69, 9.17) is 10.8 Å². The Kier molecular flexibility index (Phi) is 17.8. The van der Waals surface area contributed by atoms with Crippen LogP contribution in [0.1, 0.15) is 71.4 Å². The monoisotopic (exact) mass is 892 g/mol. The Morgan fingerprint density at radius 1 is 0.750 bits per heavy atom. The molecule has 64 heavy (non-hydrogen) atoms. The molecular formula is C44H60N8O12. The van der Waals surface area contributed by atoms with Crippen molar-refractivity contribution in [2.75, 3.05) is 6.54 Å². The molecule has 1 aliphatic heterocycles. The van der Waals surface area contributed by atoms with Gasteiger partial charge in [0.15, 0.2) is 0 Å². The molecule has 0 bridgehead atoms. The number of para-hydroxylation sites is 1. The lowest BCUT2D eigenvalue weighted by Crippen LogP contribution is -2.61. The topological polar surface area (TPSA) is 323 Å². The third-order valence-electron chi connectivity index (χ3n) is 11.2. The molecule has 0 radical (unpaired) electrons. The van der Waals surface area contributed by atoms with Crippen LogP contribution in [-0.4, -0.2) is 133 Å². The molecular weight excluding hydrogens is 833 g/mol. The Labute approximate surface area is 370 Å². The number of fused-ring (bicyclic) bond motifs is 1. The Morgan fingerprint density at radius 2 is 1.38 bits per heavy atom. The third-order valence-corrected chi connectivity index (χ3v) is 11.2. The number of nitrogens with one attached hydrogen (secondary N) is 6. The second-order valence-corrected chi connectivity index (χ2v) is 16.8. The summed E-state index contributed by atoms with van der Waals surface area (Å²) in [5.74, 6) is -8.15. The summed E-state index contributed by atoms with van der Waals surface area (Å²) in [7, 11) is 0. The predicted molar refractivity (Wildman–Crippen MR) is 232 cm³/mol. The number of aromatic hydroxyl groups is 1. The highest BCUT2D eigenvalue weighted by Gasteiger charge is 2.41. The summed E-state index contributed by atoms with van der Waals surface area (Å²) in [6.45, 7) is 8.24. The molecule has 8 atom stereocenters. The van der Waals surface area contributed by atoms with Crippen LogP contribution in [0, 0.1) is 11.8 Å². The molecule has 2 aromatic carbocycles. The maximum Gasteiger partial charge on any atom is 0.326 e. The number of aliphatic carboxylic acids is 2. The van der Waals surface area contributed by atoms with Crippen LogP contribution in [0.5, 0.6) is 5.75 Å². The number of aromatic nitrogens is 1. The first-order valence-corrected chi connectivity index (χ1v) is 21.2. The largest absolute Gasteiger partial charge is 0.508 e. The second kappa shape index (κ2) is 22.7. The van der Waals surface area contributed by atoms with E-state index in [-0.39, 0.29) is 37.5 Å². The summed E-state index contributed by atoms with van der Waals surface area (Å²) >= 11 is 0. The van der Waals surface area contributed by atoms with E-state index >= 15 is 0 Å². The van der Waals surface area contributed by atoms with E-state index in [2.05, 4.69) is 31.6 Å². The number of hydrogen-bond acceptors (Lipinski definition) is 11. The number of carboxylic acid groups (broad SMARTS) is 2. The molecule has 348 valence electrons. The molecule has 1 fully saturated rings. The van der Waals surface area contributed by atoms with Gasteiger partial charge in [-0.3, -0.25) is 33.6 Å². The standard InChI is InChI=1S/C44H60N8O12/c1-22(2)35(45)40(59)50-36(23(3)4)41(60)49-32(19-25-12-14-27(54)15-13-25)43(62)52-18-8-11-33(52)39(58)48-31(20-26-21-46-29-10-7-6-9-28(26)29)38(57)51-37(24(5)53)42(61)47-30(44(63)64)16-17-34(55)56/h6-7,9-10,12-15,21-24,30-33,35-37,46,53-54H,8,11,16-20,45H2,1-5H3,(H,47,61)(H,48,58)(H,49,60)(H,50,59)(H,51,57)(H,55,56)(H,63,64)/t24-,30+,31+,32+,33+,35+,36+,37+/m1/s1. The fourth-order valence-electron chi connectivity index (χ4n) is 7.36. The van der Waals surface area contributed by atoms with Crippen molar-refractivity contribution < 1.29 is 58.8 Å². The first-order valence-electron chi connectivity index (χ1n) is 21.2. The number of carbonyl (C=O) groups excluding carboxylic acids is 6. The smallest absolute Gasteiger partial charge is 0.326 e. The fourth-order valence-corrected chi connectivity index (χ4v) is 7.36. The maximum absolute atomic E-state index is 14.6. The minimum Gasteiger partial charge on any atom is -0.508 e. The summed E-state index contributed by atoms with van der Waals surface area (Å²) in [4.78, 5) is 111. The molecule has 3 aromatic rings. The highest BCUT2D eigenvalue weighted by Crippen LogP contribution is 2.23. The number of likely N-dealkylation sites (tertiary alicyclic amines) is 1. The summed E-state index contributed by atoms with van der Waals surface area (Å²) in [6.07, 6.45) is -0.671. The lowest BCUT2D eigenvalue weighted by molar-refractivity contribution is -0.144. The average molecular weight is 893 g/mol. The van der Waals surface area contributed by atoms with Gasteiger partial charge in [0.05, 0.1) is 12.1 Å². The minimum absolute atomic E-state index is 0.0252. The molecule has 4 rings (SSSR count). The number of phenolic OH excluding ortho intramolecular Hbond substituents is 1. The Hall–Kier alpha value is -6.54. The van der Waals surface area contributed by atoms with Gasteiger partial charge in [0.2, 0.25) is 35.4 Å². The molecule has 1 aliphatic rings. The molecule has 0 saturated carbocycles. The van der Waals surface area contributed by atoms with Gasteiger partial charge in [-0.1, -0.05) is 58.0 Å². The highest BCUT2D eigenvalue weighted by atomic mass is 16.4. The maximum atomic E-state index is 14.6. The number of benzene rings is 2. The van der Waals surface area contributed by atoms with Gasteiger partial charge in [-0.25, -0.2) is 4.79 Å².